The maximum Gasteiger partial charge on any atom is 0.417 e. The largest absolute Gasteiger partial charge is 0.417 e. The van der Waals surface area contributed by atoms with E-state index in [4.69, 9.17) is 11.6 Å². The SMILES string of the molecule is O=C([C@@H]1CCCc2nn(Cc3nccc(C(F)(F)F)c3Cl)c(=O)n21)N1CC(F)C1. The number of aryl methyl sites for hydroxylation is 1. The summed E-state index contributed by atoms with van der Waals surface area (Å²) in [7, 11) is 0. The van der Waals surface area contributed by atoms with Gasteiger partial charge in [-0.3, -0.25) is 14.3 Å². The monoisotopic (exact) mass is 433 g/mol. The maximum absolute atomic E-state index is 13.1. The molecule has 1 atom stereocenters. The van der Waals surface area contributed by atoms with Crippen molar-refractivity contribution in [2.75, 3.05) is 13.1 Å². The second-order valence-corrected chi connectivity index (χ2v) is 7.47. The number of carbonyl (C=O) groups is 1. The normalized spacial score (nSPS) is 19.8. The fraction of sp³-hybridized carbons (Fsp3) is 0.529. The third-order valence-corrected chi connectivity index (χ3v) is 5.55. The summed E-state index contributed by atoms with van der Waals surface area (Å²) in [5, 5.41) is 3.57. The van der Waals surface area contributed by atoms with Crippen molar-refractivity contribution in [2.24, 2.45) is 0 Å². The molecule has 156 valence electrons. The molecular weight excluding hydrogens is 418 g/mol. The van der Waals surface area contributed by atoms with Gasteiger partial charge in [-0.15, -0.1) is 0 Å². The molecule has 1 fully saturated rings. The number of hydrogen-bond acceptors (Lipinski definition) is 4. The number of nitrogens with zero attached hydrogens (tertiary/aromatic N) is 5. The summed E-state index contributed by atoms with van der Waals surface area (Å²) >= 11 is 5.85. The Morgan fingerprint density at radius 2 is 2.03 bits per heavy atom. The number of hydrogen-bond donors (Lipinski definition) is 0. The molecule has 0 N–H and O–H groups in total. The number of pyridine rings is 1. The Hall–Kier alpha value is -2.43. The Bertz CT molecular complexity index is 1010. The highest BCUT2D eigenvalue weighted by atomic mass is 35.5. The lowest BCUT2D eigenvalue weighted by molar-refractivity contribution is -0.142. The predicted molar refractivity (Wildman–Crippen MR) is 93.3 cm³/mol. The van der Waals surface area contributed by atoms with Crippen molar-refractivity contribution in [3.63, 3.8) is 0 Å². The van der Waals surface area contributed by atoms with Gasteiger partial charge in [0, 0.05) is 12.6 Å². The number of halogens is 5. The van der Waals surface area contributed by atoms with Crippen molar-refractivity contribution in [2.45, 2.75) is 44.2 Å². The van der Waals surface area contributed by atoms with E-state index in [-0.39, 0.29) is 31.2 Å². The minimum absolute atomic E-state index is 0.00266. The molecule has 2 aliphatic rings. The topological polar surface area (TPSA) is 73.0 Å². The molecule has 12 heteroatoms. The lowest BCUT2D eigenvalue weighted by atomic mass is 10.0. The van der Waals surface area contributed by atoms with Crippen LogP contribution in [0.3, 0.4) is 0 Å². The highest BCUT2D eigenvalue weighted by Crippen LogP contribution is 2.35. The molecule has 0 unspecified atom stereocenters. The van der Waals surface area contributed by atoms with Gasteiger partial charge in [0.05, 0.1) is 35.9 Å². The molecule has 2 aromatic rings. The average molecular weight is 434 g/mol. The zero-order chi connectivity index (χ0) is 20.9. The average Bonchev–Trinajstić information content (AvgIpc) is 2.95. The fourth-order valence-corrected chi connectivity index (χ4v) is 3.92. The molecule has 4 rings (SSSR count). The van der Waals surface area contributed by atoms with Gasteiger partial charge in [-0.2, -0.15) is 18.3 Å². The quantitative estimate of drug-likeness (QED) is 0.696. The summed E-state index contributed by atoms with van der Waals surface area (Å²) in [6.45, 7) is -0.368. The van der Waals surface area contributed by atoms with Gasteiger partial charge in [0.1, 0.15) is 18.0 Å². The first-order valence-corrected chi connectivity index (χ1v) is 9.36. The Labute approximate surface area is 166 Å². The molecule has 0 aliphatic carbocycles. The molecule has 1 saturated heterocycles. The standard InChI is InChI=1S/C17H16ClF4N5O2/c18-14-10(17(20,21)22)4-5-23-11(14)8-26-16(29)27-12(2-1-3-13(27)24-26)15(28)25-6-9(19)7-25/h4-5,9,12H,1-3,6-8H2/t12-/m0/s1. The zero-order valence-electron chi connectivity index (χ0n) is 15.0. The van der Waals surface area contributed by atoms with E-state index in [0.717, 1.165) is 16.9 Å². The lowest BCUT2D eigenvalue weighted by Gasteiger charge is -2.37. The van der Waals surface area contributed by atoms with Crippen LogP contribution in [0.15, 0.2) is 17.1 Å². The van der Waals surface area contributed by atoms with E-state index in [1.54, 1.807) is 0 Å². The first-order chi connectivity index (χ1) is 13.7. The number of rotatable bonds is 3. The number of carbonyl (C=O) groups excluding carboxylic acids is 1. The minimum atomic E-state index is -4.66. The van der Waals surface area contributed by atoms with Crippen LogP contribution in [-0.4, -0.2) is 49.4 Å². The number of amides is 1. The van der Waals surface area contributed by atoms with Crippen molar-refractivity contribution in [1.29, 1.82) is 0 Å². The minimum Gasteiger partial charge on any atom is -0.335 e. The lowest BCUT2D eigenvalue weighted by Crippen LogP contribution is -2.54. The second-order valence-electron chi connectivity index (χ2n) is 7.09. The third-order valence-electron chi connectivity index (χ3n) is 5.13. The van der Waals surface area contributed by atoms with Crippen LogP contribution in [0.25, 0.3) is 0 Å². The van der Waals surface area contributed by atoms with E-state index in [1.807, 2.05) is 0 Å². The highest BCUT2D eigenvalue weighted by Gasteiger charge is 2.39. The van der Waals surface area contributed by atoms with Gasteiger partial charge in [0.25, 0.3) is 0 Å². The van der Waals surface area contributed by atoms with Gasteiger partial charge in [-0.1, -0.05) is 11.6 Å². The van der Waals surface area contributed by atoms with Crippen molar-refractivity contribution < 1.29 is 22.4 Å². The number of likely N-dealkylation sites (tertiary alicyclic amines) is 1. The molecule has 4 heterocycles. The van der Waals surface area contributed by atoms with Gasteiger partial charge in [0.2, 0.25) is 5.91 Å². The van der Waals surface area contributed by atoms with Crippen LogP contribution >= 0.6 is 11.6 Å². The molecule has 0 saturated carbocycles. The van der Waals surface area contributed by atoms with Crippen LogP contribution in [0.1, 0.15) is 36.0 Å². The first kappa shape index (κ1) is 19.9. The highest BCUT2D eigenvalue weighted by molar-refractivity contribution is 6.32. The summed E-state index contributed by atoms with van der Waals surface area (Å²) in [4.78, 5) is 30.7. The van der Waals surface area contributed by atoms with E-state index in [0.29, 0.717) is 25.1 Å². The molecule has 0 aromatic carbocycles. The summed E-state index contributed by atoms with van der Waals surface area (Å²) < 4.78 is 54.4. The van der Waals surface area contributed by atoms with E-state index in [9.17, 15) is 27.2 Å². The van der Waals surface area contributed by atoms with Crippen molar-refractivity contribution in [1.82, 2.24) is 24.2 Å². The Morgan fingerprint density at radius 1 is 1.31 bits per heavy atom. The molecule has 2 aliphatic heterocycles. The molecule has 0 radical (unpaired) electrons. The second kappa shape index (κ2) is 7.12. The third kappa shape index (κ3) is 3.52. The Balaban J connectivity index is 1.65. The summed E-state index contributed by atoms with van der Waals surface area (Å²) in [6.07, 6.45) is -3.28. The van der Waals surface area contributed by atoms with E-state index in [1.165, 1.54) is 9.47 Å². The van der Waals surface area contributed by atoms with Gasteiger partial charge in [-0.05, 0) is 18.9 Å². The van der Waals surface area contributed by atoms with Crippen molar-refractivity contribution >= 4 is 17.5 Å². The molecule has 7 nitrogen and oxygen atoms in total. The summed E-state index contributed by atoms with van der Waals surface area (Å²) in [5.74, 6) is 0.0109. The van der Waals surface area contributed by atoms with Gasteiger partial charge in [-0.25, -0.2) is 13.9 Å². The van der Waals surface area contributed by atoms with Crippen LogP contribution < -0.4 is 5.69 Å². The molecule has 2 aromatic heterocycles. The Kier molecular flexibility index (Phi) is 4.88. The molecule has 1 amide bonds. The summed E-state index contributed by atoms with van der Waals surface area (Å²) in [6, 6.07) is -0.0374. The smallest absolute Gasteiger partial charge is 0.335 e. The number of fused-ring (bicyclic) bond motifs is 1. The Morgan fingerprint density at radius 3 is 2.69 bits per heavy atom. The van der Waals surface area contributed by atoms with Gasteiger partial charge < -0.3 is 4.90 Å². The molecule has 0 bridgehead atoms. The van der Waals surface area contributed by atoms with Gasteiger partial charge >= 0.3 is 11.9 Å². The summed E-state index contributed by atoms with van der Waals surface area (Å²) in [5.41, 5.74) is -1.83. The molecule has 29 heavy (non-hydrogen) atoms. The predicted octanol–water partition coefficient (Wildman–Crippen LogP) is 2.22. The zero-order valence-corrected chi connectivity index (χ0v) is 15.8. The number of alkyl halides is 4. The maximum atomic E-state index is 13.1. The van der Waals surface area contributed by atoms with Crippen LogP contribution in [-0.2, 0) is 23.9 Å². The van der Waals surface area contributed by atoms with Crippen LogP contribution in [0.4, 0.5) is 17.6 Å². The van der Waals surface area contributed by atoms with E-state index >= 15 is 0 Å². The molecular formula is C17H16ClF4N5O2. The number of aromatic nitrogens is 4. The van der Waals surface area contributed by atoms with Crippen LogP contribution in [0, 0.1) is 0 Å². The van der Waals surface area contributed by atoms with Crippen LogP contribution in [0.2, 0.25) is 5.02 Å². The molecule has 0 spiro atoms. The fourth-order valence-electron chi connectivity index (χ4n) is 3.64. The first-order valence-electron chi connectivity index (χ1n) is 8.98. The van der Waals surface area contributed by atoms with Crippen molar-refractivity contribution in [3.8, 4) is 0 Å². The van der Waals surface area contributed by atoms with Gasteiger partial charge in [0.15, 0.2) is 0 Å². The van der Waals surface area contributed by atoms with Crippen molar-refractivity contribution in [3.05, 3.63) is 44.9 Å². The van der Waals surface area contributed by atoms with E-state index < -0.39 is 34.7 Å². The van der Waals surface area contributed by atoms with E-state index in [2.05, 4.69) is 10.1 Å². The van der Waals surface area contributed by atoms with Crippen LogP contribution in [0.5, 0.6) is 0 Å².